The first kappa shape index (κ1) is 16.6. The number of imide groups is 1. The molecule has 3 amide bonds. The second kappa shape index (κ2) is 6.36. The van der Waals surface area contributed by atoms with Crippen LogP contribution in [0.3, 0.4) is 0 Å². The Bertz CT molecular complexity index is 869. The summed E-state index contributed by atoms with van der Waals surface area (Å²) >= 11 is 0. The van der Waals surface area contributed by atoms with Crippen molar-refractivity contribution in [2.24, 2.45) is 0 Å². The molecule has 0 bridgehead atoms. The summed E-state index contributed by atoms with van der Waals surface area (Å²) in [5.74, 6) is 0.332. The first-order valence-electron chi connectivity index (χ1n) is 7.94. The summed E-state index contributed by atoms with van der Waals surface area (Å²) in [5, 5.41) is 15.6. The zero-order chi connectivity index (χ0) is 18.0. The third-order valence-corrected chi connectivity index (χ3v) is 4.12. The van der Waals surface area contributed by atoms with Gasteiger partial charge in [-0.15, -0.1) is 0 Å². The van der Waals surface area contributed by atoms with Gasteiger partial charge in [-0.05, 0) is 31.0 Å². The highest BCUT2D eigenvalue weighted by Gasteiger charge is 2.49. The number of hydrogen-bond donors (Lipinski definition) is 1. The van der Waals surface area contributed by atoms with Gasteiger partial charge in [0.2, 0.25) is 5.89 Å². The number of nitrogens with zero attached hydrogens (tertiary/aromatic N) is 4. The van der Waals surface area contributed by atoms with E-state index in [2.05, 4.69) is 15.5 Å². The van der Waals surface area contributed by atoms with Crippen LogP contribution in [0, 0.1) is 11.3 Å². The molecule has 3 rings (SSSR count). The molecule has 128 valence electrons. The molecule has 1 atom stereocenters. The molecule has 0 spiro atoms. The molecule has 8 nitrogen and oxygen atoms in total. The number of hydrogen-bond acceptors (Lipinski definition) is 6. The average molecular weight is 339 g/mol. The van der Waals surface area contributed by atoms with Gasteiger partial charge in [0.05, 0.1) is 11.6 Å². The van der Waals surface area contributed by atoms with Gasteiger partial charge in [0.15, 0.2) is 5.82 Å². The van der Waals surface area contributed by atoms with E-state index in [-0.39, 0.29) is 12.4 Å². The topological polar surface area (TPSA) is 112 Å². The number of nitrogens with one attached hydrogen (secondary N) is 1. The summed E-state index contributed by atoms with van der Waals surface area (Å²) < 4.78 is 5.11. The van der Waals surface area contributed by atoms with Gasteiger partial charge in [0.1, 0.15) is 12.1 Å². The minimum atomic E-state index is -1.24. The van der Waals surface area contributed by atoms with E-state index in [4.69, 9.17) is 9.78 Å². The number of aromatic nitrogens is 2. The lowest BCUT2D eigenvalue weighted by Crippen LogP contribution is -2.40. The normalized spacial score (nSPS) is 19.8. The van der Waals surface area contributed by atoms with Crippen LogP contribution in [0.15, 0.2) is 28.8 Å². The van der Waals surface area contributed by atoms with Gasteiger partial charge >= 0.3 is 6.03 Å². The van der Waals surface area contributed by atoms with Crippen molar-refractivity contribution in [3.63, 3.8) is 0 Å². The first-order valence-corrected chi connectivity index (χ1v) is 7.94. The Balaban J connectivity index is 1.84. The van der Waals surface area contributed by atoms with Gasteiger partial charge in [-0.1, -0.05) is 24.2 Å². The molecule has 1 fully saturated rings. The highest BCUT2D eigenvalue weighted by Crippen LogP contribution is 2.30. The quantitative estimate of drug-likeness (QED) is 0.832. The van der Waals surface area contributed by atoms with Crippen LogP contribution < -0.4 is 5.32 Å². The molecule has 25 heavy (non-hydrogen) atoms. The fraction of sp³-hybridized carbons (Fsp3) is 0.353. The molecule has 0 aliphatic carbocycles. The van der Waals surface area contributed by atoms with Crippen molar-refractivity contribution < 1.29 is 14.1 Å². The van der Waals surface area contributed by atoms with E-state index in [0.717, 1.165) is 11.3 Å². The minimum absolute atomic E-state index is 0.0884. The number of urea groups is 1. The van der Waals surface area contributed by atoms with Gasteiger partial charge in [-0.25, -0.2) is 4.79 Å². The number of nitriles is 1. The lowest BCUT2D eigenvalue weighted by Gasteiger charge is -2.22. The van der Waals surface area contributed by atoms with Gasteiger partial charge in [0, 0.05) is 6.42 Å². The summed E-state index contributed by atoms with van der Waals surface area (Å²) in [4.78, 5) is 30.4. The zero-order valence-electron chi connectivity index (χ0n) is 13.9. The molecule has 1 saturated heterocycles. The predicted octanol–water partition coefficient (Wildman–Crippen LogP) is 1.86. The lowest BCUT2D eigenvalue weighted by molar-refractivity contribution is -0.131. The first-order chi connectivity index (χ1) is 12.0. The zero-order valence-corrected chi connectivity index (χ0v) is 13.9. The summed E-state index contributed by atoms with van der Waals surface area (Å²) in [7, 11) is 0. The third-order valence-electron chi connectivity index (χ3n) is 4.12. The third kappa shape index (κ3) is 2.96. The second-order valence-electron chi connectivity index (χ2n) is 5.99. The van der Waals surface area contributed by atoms with Gasteiger partial charge in [0.25, 0.3) is 5.91 Å². The van der Waals surface area contributed by atoms with Crippen LogP contribution in [-0.4, -0.2) is 27.0 Å². The molecule has 1 N–H and O–H groups in total. The second-order valence-corrected chi connectivity index (χ2v) is 5.99. The molecule has 1 aromatic heterocycles. The molecule has 0 unspecified atom stereocenters. The Hall–Kier alpha value is -3.21. The number of rotatable bonds is 5. The van der Waals surface area contributed by atoms with Crippen molar-refractivity contribution in [2.45, 2.75) is 38.8 Å². The average Bonchev–Trinajstić information content (AvgIpc) is 3.14. The molecule has 0 saturated carbocycles. The molecule has 1 aliphatic heterocycles. The molecule has 8 heteroatoms. The van der Waals surface area contributed by atoms with Crippen molar-refractivity contribution in [1.29, 1.82) is 5.26 Å². The van der Waals surface area contributed by atoms with Gasteiger partial charge in [-0.2, -0.15) is 10.2 Å². The fourth-order valence-corrected chi connectivity index (χ4v) is 2.75. The standard InChI is InChI=1S/C17H17N5O3/c1-3-5-13-19-14(25-21-13)10-22-15(23)17(2,20-16(22)24)12-7-4-6-11(8-12)9-18/h4,6-8H,3,5,10H2,1-2H3,(H,20,24)/t17-/m1/s1. The summed E-state index contributed by atoms with van der Waals surface area (Å²) in [6, 6.07) is 8.10. The van der Waals surface area contributed by atoms with E-state index >= 15 is 0 Å². The maximum absolute atomic E-state index is 12.8. The van der Waals surface area contributed by atoms with Crippen molar-refractivity contribution >= 4 is 11.9 Å². The van der Waals surface area contributed by atoms with E-state index in [1.54, 1.807) is 31.2 Å². The maximum Gasteiger partial charge on any atom is 0.325 e. The number of carbonyl (C=O) groups is 2. The van der Waals surface area contributed by atoms with E-state index in [1.807, 2.05) is 13.0 Å². The van der Waals surface area contributed by atoms with Crippen molar-refractivity contribution in [2.75, 3.05) is 0 Å². The number of amides is 3. The smallest absolute Gasteiger partial charge is 0.325 e. The van der Waals surface area contributed by atoms with Gasteiger partial charge < -0.3 is 9.84 Å². The Kier molecular flexibility index (Phi) is 4.23. The molecular formula is C17H17N5O3. The van der Waals surface area contributed by atoms with Crippen LogP contribution in [0.25, 0.3) is 0 Å². The molecule has 1 aliphatic rings. The monoisotopic (exact) mass is 339 g/mol. The van der Waals surface area contributed by atoms with Crippen LogP contribution in [0.1, 0.15) is 43.1 Å². The molecule has 0 radical (unpaired) electrons. The lowest BCUT2D eigenvalue weighted by atomic mass is 9.91. The van der Waals surface area contributed by atoms with Crippen molar-refractivity contribution in [3.05, 3.63) is 47.1 Å². The van der Waals surface area contributed by atoms with Crippen LogP contribution >= 0.6 is 0 Å². The predicted molar refractivity (Wildman–Crippen MR) is 85.9 cm³/mol. The molecule has 2 aromatic rings. The summed E-state index contributed by atoms with van der Waals surface area (Å²) in [6.07, 6.45) is 1.54. The molecule has 1 aromatic carbocycles. The number of carbonyl (C=O) groups excluding carboxylic acids is 2. The van der Waals surface area contributed by atoms with E-state index < -0.39 is 17.5 Å². The number of aryl methyl sites for hydroxylation is 1. The molecular weight excluding hydrogens is 322 g/mol. The Morgan fingerprint density at radius 1 is 1.40 bits per heavy atom. The van der Waals surface area contributed by atoms with E-state index in [1.165, 1.54) is 0 Å². The van der Waals surface area contributed by atoms with Crippen LogP contribution in [0.5, 0.6) is 0 Å². The number of benzene rings is 1. The minimum Gasteiger partial charge on any atom is -0.337 e. The van der Waals surface area contributed by atoms with E-state index in [9.17, 15) is 9.59 Å². The van der Waals surface area contributed by atoms with E-state index in [0.29, 0.717) is 23.4 Å². The largest absolute Gasteiger partial charge is 0.337 e. The fourth-order valence-electron chi connectivity index (χ4n) is 2.75. The summed E-state index contributed by atoms with van der Waals surface area (Å²) in [6.45, 7) is 3.52. The Morgan fingerprint density at radius 3 is 2.92 bits per heavy atom. The highest BCUT2D eigenvalue weighted by atomic mass is 16.5. The van der Waals surface area contributed by atoms with Gasteiger partial charge in [-0.3, -0.25) is 9.69 Å². The Labute approximate surface area is 144 Å². The highest BCUT2D eigenvalue weighted by molar-refractivity contribution is 6.07. The van der Waals surface area contributed by atoms with Crippen molar-refractivity contribution in [1.82, 2.24) is 20.4 Å². The Morgan fingerprint density at radius 2 is 2.20 bits per heavy atom. The summed E-state index contributed by atoms with van der Waals surface area (Å²) in [5.41, 5.74) is -0.277. The SMILES string of the molecule is CCCc1noc(CN2C(=O)N[C@](C)(c3cccc(C#N)c3)C2=O)n1. The maximum atomic E-state index is 12.8. The van der Waals surface area contributed by atoms with Crippen LogP contribution in [0.4, 0.5) is 4.79 Å². The van der Waals surface area contributed by atoms with Crippen molar-refractivity contribution in [3.8, 4) is 6.07 Å². The van der Waals surface area contributed by atoms with Crippen LogP contribution in [0.2, 0.25) is 0 Å². The van der Waals surface area contributed by atoms with Crippen LogP contribution in [-0.2, 0) is 23.3 Å². The molecule has 2 heterocycles.